The first-order chi connectivity index (χ1) is 11.3. The first kappa shape index (κ1) is 12.7. The van der Waals surface area contributed by atoms with Gasteiger partial charge in [-0.25, -0.2) is 0 Å². The Morgan fingerprint density at radius 3 is 2.35 bits per heavy atom. The van der Waals surface area contributed by atoms with Gasteiger partial charge in [0.25, 0.3) is 0 Å². The second kappa shape index (κ2) is 4.60. The summed E-state index contributed by atoms with van der Waals surface area (Å²) in [4.78, 5) is 0. The minimum absolute atomic E-state index is 0.970. The molecule has 0 atom stereocenters. The summed E-state index contributed by atoms with van der Waals surface area (Å²) < 4.78 is 6.21. The standard InChI is InChI=1S/C22H16O/c1-2-14-7-10-21-20(11-14)18-9-8-17-12-15-5-3-4-6-16(15)13-19(17)22(18)23-21/h3-13H,2H2,1H3. The van der Waals surface area contributed by atoms with E-state index in [1.54, 1.807) is 0 Å². The van der Waals surface area contributed by atoms with E-state index in [0.717, 1.165) is 17.6 Å². The molecule has 0 aliphatic carbocycles. The monoisotopic (exact) mass is 296 g/mol. The van der Waals surface area contributed by atoms with Gasteiger partial charge in [0.05, 0.1) is 0 Å². The Balaban J connectivity index is 1.96. The second-order valence-electron chi connectivity index (χ2n) is 6.15. The van der Waals surface area contributed by atoms with Crippen molar-refractivity contribution in [3.63, 3.8) is 0 Å². The zero-order chi connectivity index (χ0) is 15.4. The van der Waals surface area contributed by atoms with Crippen molar-refractivity contribution in [2.24, 2.45) is 0 Å². The highest BCUT2D eigenvalue weighted by Crippen LogP contribution is 2.36. The molecule has 23 heavy (non-hydrogen) atoms. The van der Waals surface area contributed by atoms with Gasteiger partial charge in [0, 0.05) is 16.2 Å². The molecule has 0 amide bonds. The molecule has 0 spiro atoms. The average molecular weight is 296 g/mol. The van der Waals surface area contributed by atoms with Crippen LogP contribution in [0.3, 0.4) is 0 Å². The molecule has 5 aromatic rings. The van der Waals surface area contributed by atoms with Crippen LogP contribution >= 0.6 is 0 Å². The molecule has 1 heteroatoms. The van der Waals surface area contributed by atoms with E-state index < -0.39 is 0 Å². The van der Waals surface area contributed by atoms with Crippen molar-refractivity contribution < 1.29 is 4.42 Å². The van der Waals surface area contributed by atoms with Crippen molar-refractivity contribution in [3.05, 3.63) is 72.3 Å². The fraction of sp³-hybridized carbons (Fsp3) is 0.0909. The van der Waals surface area contributed by atoms with Crippen LogP contribution < -0.4 is 0 Å². The van der Waals surface area contributed by atoms with Gasteiger partial charge in [0.15, 0.2) is 0 Å². The predicted octanol–water partition coefficient (Wildman–Crippen LogP) is 6.45. The van der Waals surface area contributed by atoms with Crippen molar-refractivity contribution in [1.29, 1.82) is 0 Å². The highest BCUT2D eigenvalue weighted by molar-refractivity contribution is 6.17. The molecular weight excluding hydrogens is 280 g/mol. The smallest absolute Gasteiger partial charge is 0.143 e. The summed E-state index contributed by atoms with van der Waals surface area (Å²) in [7, 11) is 0. The topological polar surface area (TPSA) is 13.1 Å². The van der Waals surface area contributed by atoms with E-state index in [9.17, 15) is 0 Å². The third kappa shape index (κ3) is 1.80. The molecule has 0 unspecified atom stereocenters. The van der Waals surface area contributed by atoms with Crippen LogP contribution in [0.2, 0.25) is 0 Å². The molecule has 1 heterocycles. The molecule has 1 aromatic heterocycles. The number of aryl methyl sites for hydroxylation is 1. The Kier molecular flexibility index (Phi) is 2.54. The van der Waals surface area contributed by atoms with Gasteiger partial charge in [-0.2, -0.15) is 0 Å². The maximum Gasteiger partial charge on any atom is 0.143 e. The molecule has 0 N–H and O–H groups in total. The van der Waals surface area contributed by atoms with Gasteiger partial charge in [0.2, 0.25) is 0 Å². The highest BCUT2D eigenvalue weighted by atomic mass is 16.3. The van der Waals surface area contributed by atoms with E-state index in [1.165, 1.54) is 37.9 Å². The zero-order valence-electron chi connectivity index (χ0n) is 13.0. The van der Waals surface area contributed by atoms with E-state index in [2.05, 4.69) is 73.7 Å². The molecule has 0 radical (unpaired) electrons. The Morgan fingerprint density at radius 1 is 0.696 bits per heavy atom. The maximum atomic E-state index is 6.21. The molecule has 0 bridgehead atoms. The number of fused-ring (bicyclic) bond motifs is 6. The van der Waals surface area contributed by atoms with Crippen LogP contribution in [-0.2, 0) is 6.42 Å². The number of hydrogen-bond donors (Lipinski definition) is 0. The first-order valence-corrected chi connectivity index (χ1v) is 8.10. The summed E-state index contributed by atoms with van der Waals surface area (Å²) in [5.74, 6) is 0. The van der Waals surface area contributed by atoms with Crippen molar-refractivity contribution in [2.75, 3.05) is 0 Å². The van der Waals surface area contributed by atoms with Crippen molar-refractivity contribution >= 4 is 43.5 Å². The van der Waals surface area contributed by atoms with Gasteiger partial charge in [-0.3, -0.25) is 0 Å². The van der Waals surface area contributed by atoms with E-state index in [1.807, 2.05) is 0 Å². The molecule has 0 fully saturated rings. The SMILES string of the molecule is CCc1ccc2oc3c4cc5ccccc5cc4ccc3c2c1. The Morgan fingerprint density at radius 2 is 1.52 bits per heavy atom. The molecule has 4 aromatic carbocycles. The third-order valence-corrected chi connectivity index (χ3v) is 4.79. The number of hydrogen-bond acceptors (Lipinski definition) is 1. The van der Waals surface area contributed by atoms with E-state index in [-0.39, 0.29) is 0 Å². The highest BCUT2D eigenvalue weighted by Gasteiger charge is 2.11. The van der Waals surface area contributed by atoms with Gasteiger partial charge in [-0.15, -0.1) is 0 Å². The van der Waals surface area contributed by atoms with Gasteiger partial charge < -0.3 is 4.42 Å². The molecule has 1 nitrogen and oxygen atoms in total. The summed E-state index contributed by atoms with van der Waals surface area (Å²) in [6.07, 6.45) is 1.04. The van der Waals surface area contributed by atoms with Gasteiger partial charge in [-0.1, -0.05) is 43.3 Å². The third-order valence-electron chi connectivity index (χ3n) is 4.79. The summed E-state index contributed by atoms with van der Waals surface area (Å²) in [6.45, 7) is 2.19. The van der Waals surface area contributed by atoms with Crippen LogP contribution in [0.5, 0.6) is 0 Å². The molecule has 110 valence electrons. The van der Waals surface area contributed by atoms with Crippen molar-refractivity contribution in [3.8, 4) is 0 Å². The average Bonchev–Trinajstić information content (AvgIpc) is 2.98. The molecular formula is C22H16O. The van der Waals surface area contributed by atoms with Crippen LogP contribution in [-0.4, -0.2) is 0 Å². The van der Waals surface area contributed by atoms with Crippen LogP contribution in [0.1, 0.15) is 12.5 Å². The Labute approximate surface area is 134 Å². The van der Waals surface area contributed by atoms with Crippen molar-refractivity contribution in [2.45, 2.75) is 13.3 Å². The van der Waals surface area contributed by atoms with Crippen molar-refractivity contribution in [1.82, 2.24) is 0 Å². The lowest BCUT2D eigenvalue weighted by Gasteiger charge is -2.02. The summed E-state index contributed by atoms with van der Waals surface area (Å²) in [5, 5.41) is 7.36. The normalized spacial score (nSPS) is 11.9. The largest absolute Gasteiger partial charge is 0.455 e. The lowest BCUT2D eigenvalue weighted by molar-refractivity contribution is 0.672. The predicted molar refractivity (Wildman–Crippen MR) is 98.1 cm³/mol. The summed E-state index contributed by atoms with van der Waals surface area (Å²) in [6, 6.07) is 23.9. The van der Waals surface area contributed by atoms with Crippen LogP contribution in [0.25, 0.3) is 43.5 Å². The van der Waals surface area contributed by atoms with Gasteiger partial charge in [0.1, 0.15) is 11.2 Å². The van der Waals surface area contributed by atoms with Crippen LogP contribution in [0.15, 0.2) is 71.1 Å². The van der Waals surface area contributed by atoms with E-state index in [4.69, 9.17) is 4.42 Å². The lowest BCUT2D eigenvalue weighted by Crippen LogP contribution is -1.78. The van der Waals surface area contributed by atoms with E-state index in [0.29, 0.717) is 0 Å². The lowest BCUT2D eigenvalue weighted by atomic mass is 10.0. The Hall–Kier alpha value is -2.80. The number of furan rings is 1. The fourth-order valence-corrected chi connectivity index (χ4v) is 3.51. The van der Waals surface area contributed by atoms with Crippen LogP contribution in [0.4, 0.5) is 0 Å². The molecule has 0 aliphatic heterocycles. The molecule has 5 rings (SSSR count). The minimum atomic E-state index is 0.970. The number of benzene rings is 4. The second-order valence-corrected chi connectivity index (χ2v) is 6.15. The van der Waals surface area contributed by atoms with Gasteiger partial charge >= 0.3 is 0 Å². The Bertz CT molecular complexity index is 1190. The maximum absolute atomic E-state index is 6.21. The fourth-order valence-electron chi connectivity index (χ4n) is 3.51. The van der Waals surface area contributed by atoms with Gasteiger partial charge in [-0.05, 0) is 58.5 Å². The van der Waals surface area contributed by atoms with Crippen LogP contribution in [0, 0.1) is 0 Å². The zero-order valence-corrected chi connectivity index (χ0v) is 13.0. The molecule has 0 saturated carbocycles. The summed E-state index contributed by atoms with van der Waals surface area (Å²) in [5.41, 5.74) is 3.31. The first-order valence-electron chi connectivity index (χ1n) is 8.10. The molecule has 0 saturated heterocycles. The molecule has 0 aliphatic rings. The minimum Gasteiger partial charge on any atom is -0.455 e. The quantitative estimate of drug-likeness (QED) is 0.324. The summed E-state index contributed by atoms with van der Waals surface area (Å²) >= 11 is 0. The van der Waals surface area contributed by atoms with E-state index >= 15 is 0 Å². The number of rotatable bonds is 1.